The van der Waals surface area contributed by atoms with Crippen molar-refractivity contribution in [1.82, 2.24) is 4.90 Å². The van der Waals surface area contributed by atoms with Gasteiger partial charge < -0.3 is 10.1 Å². The number of nitrogens with zero attached hydrogens (tertiary/aromatic N) is 1. The van der Waals surface area contributed by atoms with Gasteiger partial charge in [-0.15, -0.1) is 0 Å². The Morgan fingerprint density at radius 1 is 0.933 bits per heavy atom. The summed E-state index contributed by atoms with van der Waals surface area (Å²) in [6.07, 6.45) is 0.291. The number of carbonyl (C=O) groups excluding carboxylic acids is 1. The number of ether oxygens (including phenoxy) is 1. The Kier molecular flexibility index (Phi) is 6.10. The van der Waals surface area contributed by atoms with Gasteiger partial charge in [0, 0.05) is 19.2 Å². The molecule has 1 N–H and O–H groups in total. The fourth-order valence-corrected chi connectivity index (χ4v) is 3.90. The SMILES string of the molecule is CC[C@@H]1Oc2ccc(F)cc2NC(=O)[C@@H]1N(Cc1ccccc1)Cc1ccccc1. The number of anilines is 1. The second-order valence-electron chi connectivity index (χ2n) is 7.52. The van der Waals surface area contributed by atoms with Crippen LogP contribution in [0.3, 0.4) is 0 Å². The number of fused-ring (bicyclic) bond motifs is 1. The number of nitrogens with one attached hydrogen (secondary N) is 1. The molecule has 2 atom stereocenters. The van der Waals surface area contributed by atoms with Crippen molar-refractivity contribution >= 4 is 11.6 Å². The Balaban J connectivity index is 1.69. The topological polar surface area (TPSA) is 41.6 Å². The van der Waals surface area contributed by atoms with Crippen LogP contribution in [0.2, 0.25) is 0 Å². The molecule has 0 aliphatic carbocycles. The van der Waals surface area contributed by atoms with Crippen molar-refractivity contribution < 1.29 is 13.9 Å². The van der Waals surface area contributed by atoms with Crippen LogP contribution in [0.4, 0.5) is 10.1 Å². The summed E-state index contributed by atoms with van der Waals surface area (Å²) in [6.45, 7) is 3.19. The van der Waals surface area contributed by atoms with Crippen LogP contribution in [0, 0.1) is 5.82 Å². The zero-order valence-electron chi connectivity index (χ0n) is 16.9. The highest BCUT2D eigenvalue weighted by atomic mass is 19.1. The molecule has 4 rings (SSSR count). The first kappa shape index (κ1) is 20.1. The minimum absolute atomic E-state index is 0.182. The van der Waals surface area contributed by atoms with Gasteiger partial charge in [-0.2, -0.15) is 0 Å². The van der Waals surface area contributed by atoms with E-state index in [1.807, 2.05) is 43.3 Å². The summed E-state index contributed by atoms with van der Waals surface area (Å²) < 4.78 is 20.0. The third-order valence-electron chi connectivity index (χ3n) is 5.35. The highest BCUT2D eigenvalue weighted by molar-refractivity contribution is 5.97. The van der Waals surface area contributed by atoms with Gasteiger partial charge in [-0.25, -0.2) is 4.39 Å². The van der Waals surface area contributed by atoms with Crippen molar-refractivity contribution in [2.75, 3.05) is 5.32 Å². The van der Waals surface area contributed by atoms with Gasteiger partial charge in [0.2, 0.25) is 5.91 Å². The van der Waals surface area contributed by atoms with E-state index in [-0.39, 0.29) is 12.0 Å². The first-order chi connectivity index (χ1) is 14.6. The van der Waals surface area contributed by atoms with Crippen molar-refractivity contribution in [3.05, 3.63) is 95.8 Å². The number of halogens is 1. The molecule has 3 aromatic rings. The molecule has 0 radical (unpaired) electrons. The average Bonchev–Trinajstić information content (AvgIpc) is 2.89. The van der Waals surface area contributed by atoms with E-state index < -0.39 is 11.9 Å². The lowest BCUT2D eigenvalue weighted by atomic mass is 10.0. The molecule has 1 aliphatic heterocycles. The van der Waals surface area contributed by atoms with Crippen LogP contribution in [-0.2, 0) is 17.9 Å². The van der Waals surface area contributed by atoms with Gasteiger partial charge in [0.05, 0.1) is 5.69 Å². The Hall–Kier alpha value is -3.18. The largest absolute Gasteiger partial charge is 0.486 e. The van der Waals surface area contributed by atoms with Crippen molar-refractivity contribution in [3.8, 4) is 5.75 Å². The van der Waals surface area contributed by atoms with Gasteiger partial charge in [0.15, 0.2) is 0 Å². The third-order valence-corrected chi connectivity index (χ3v) is 5.35. The molecule has 1 amide bonds. The Bertz CT molecular complexity index is 953. The molecule has 0 unspecified atom stereocenters. The monoisotopic (exact) mass is 404 g/mol. The molecule has 1 aliphatic rings. The van der Waals surface area contributed by atoms with Crippen LogP contribution in [0.25, 0.3) is 0 Å². The van der Waals surface area contributed by atoms with Crippen LogP contribution in [-0.4, -0.2) is 23.0 Å². The predicted molar refractivity (Wildman–Crippen MR) is 116 cm³/mol. The van der Waals surface area contributed by atoms with Gasteiger partial charge in [0.1, 0.15) is 23.7 Å². The van der Waals surface area contributed by atoms with E-state index in [0.29, 0.717) is 30.9 Å². The Morgan fingerprint density at radius 3 is 2.10 bits per heavy atom. The van der Waals surface area contributed by atoms with Gasteiger partial charge >= 0.3 is 0 Å². The first-order valence-electron chi connectivity index (χ1n) is 10.2. The lowest BCUT2D eigenvalue weighted by Crippen LogP contribution is -2.51. The van der Waals surface area contributed by atoms with E-state index >= 15 is 0 Å². The predicted octanol–water partition coefficient (Wildman–Crippen LogP) is 5.01. The van der Waals surface area contributed by atoms with E-state index in [2.05, 4.69) is 34.5 Å². The lowest BCUT2D eigenvalue weighted by molar-refractivity contribution is -0.125. The average molecular weight is 404 g/mol. The van der Waals surface area contributed by atoms with Crippen LogP contribution < -0.4 is 10.1 Å². The molecule has 0 aromatic heterocycles. The van der Waals surface area contributed by atoms with Crippen LogP contribution >= 0.6 is 0 Å². The maximum absolute atomic E-state index is 13.7. The van der Waals surface area contributed by atoms with Crippen molar-refractivity contribution in [2.45, 2.75) is 38.6 Å². The fourth-order valence-electron chi connectivity index (χ4n) is 3.90. The zero-order chi connectivity index (χ0) is 20.9. The molecule has 154 valence electrons. The Morgan fingerprint density at radius 2 is 1.53 bits per heavy atom. The molecule has 3 aromatic carbocycles. The van der Waals surface area contributed by atoms with Crippen molar-refractivity contribution in [2.24, 2.45) is 0 Å². The zero-order valence-corrected chi connectivity index (χ0v) is 16.9. The fraction of sp³-hybridized carbons (Fsp3) is 0.240. The highest BCUT2D eigenvalue weighted by Gasteiger charge is 2.37. The minimum atomic E-state index is -0.522. The van der Waals surface area contributed by atoms with Gasteiger partial charge in [-0.3, -0.25) is 9.69 Å². The molecule has 0 saturated carbocycles. The number of carbonyl (C=O) groups is 1. The summed E-state index contributed by atoms with van der Waals surface area (Å²) in [7, 11) is 0. The van der Waals surface area contributed by atoms with Gasteiger partial charge in [-0.05, 0) is 29.7 Å². The summed E-state index contributed by atoms with van der Waals surface area (Å²) in [5.41, 5.74) is 2.60. The highest BCUT2D eigenvalue weighted by Crippen LogP contribution is 2.32. The molecular formula is C25H25FN2O2. The van der Waals surface area contributed by atoms with Crippen LogP contribution in [0.15, 0.2) is 78.9 Å². The number of benzene rings is 3. The summed E-state index contributed by atoms with van der Waals surface area (Å²) in [5.74, 6) is -0.0916. The van der Waals surface area contributed by atoms with E-state index in [1.54, 1.807) is 6.07 Å². The third kappa shape index (κ3) is 4.52. The number of amides is 1. The molecule has 0 fully saturated rings. The molecule has 1 heterocycles. The smallest absolute Gasteiger partial charge is 0.245 e. The van der Waals surface area contributed by atoms with E-state index in [1.165, 1.54) is 12.1 Å². The number of hydrogen-bond acceptors (Lipinski definition) is 3. The van der Waals surface area contributed by atoms with E-state index in [4.69, 9.17) is 4.74 Å². The minimum Gasteiger partial charge on any atom is -0.486 e. The van der Waals surface area contributed by atoms with Crippen molar-refractivity contribution in [1.29, 1.82) is 0 Å². The molecule has 5 heteroatoms. The summed E-state index contributed by atoms with van der Waals surface area (Å²) >= 11 is 0. The number of hydrogen-bond donors (Lipinski definition) is 1. The number of rotatable bonds is 6. The van der Waals surface area contributed by atoms with E-state index in [9.17, 15) is 9.18 Å². The standard InChI is InChI=1S/C25H25FN2O2/c1-2-22-24(25(29)27-21-15-20(26)13-14-23(21)30-22)28(16-18-9-5-3-6-10-18)17-19-11-7-4-8-12-19/h3-15,22,24H,2,16-17H2,1H3,(H,27,29)/t22-,24+/m0/s1. The molecule has 4 nitrogen and oxygen atoms in total. The second kappa shape index (κ2) is 9.09. The first-order valence-corrected chi connectivity index (χ1v) is 10.2. The van der Waals surface area contributed by atoms with Crippen LogP contribution in [0.1, 0.15) is 24.5 Å². The molecule has 0 spiro atoms. The van der Waals surface area contributed by atoms with Gasteiger partial charge in [0.25, 0.3) is 0 Å². The molecule has 0 bridgehead atoms. The Labute approximate surface area is 176 Å². The van der Waals surface area contributed by atoms with E-state index in [0.717, 1.165) is 11.1 Å². The quantitative estimate of drug-likeness (QED) is 0.628. The second-order valence-corrected chi connectivity index (χ2v) is 7.52. The summed E-state index contributed by atoms with van der Waals surface area (Å²) in [4.78, 5) is 15.5. The lowest BCUT2D eigenvalue weighted by Gasteiger charge is -2.34. The maximum atomic E-state index is 13.7. The maximum Gasteiger partial charge on any atom is 0.245 e. The summed E-state index contributed by atoms with van der Waals surface area (Å²) in [5, 5.41) is 2.88. The molecule has 30 heavy (non-hydrogen) atoms. The van der Waals surface area contributed by atoms with Crippen LogP contribution in [0.5, 0.6) is 5.75 Å². The summed E-state index contributed by atoms with van der Waals surface area (Å²) in [6, 6.07) is 23.9. The van der Waals surface area contributed by atoms with Gasteiger partial charge in [-0.1, -0.05) is 67.6 Å². The molecular weight excluding hydrogens is 379 g/mol. The normalized spacial score (nSPS) is 18.3. The van der Waals surface area contributed by atoms with Crippen molar-refractivity contribution in [3.63, 3.8) is 0 Å². The molecule has 0 saturated heterocycles.